The van der Waals surface area contributed by atoms with Crippen molar-refractivity contribution in [3.63, 3.8) is 0 Å². The molecule has 1 saturated carbocycles. The molecule has 7 heteroatoms. The standard InChI is InChI=1S/C20H20N4O3/c1-12-10-16(20(27)23(12)9-7-21)22-18(25)15-5-2-13-6-8-24(17(13)11-15)19(26)14-3-4-14/h2,5-6,8,11-12,14,16H,3-4,9-10H2,1H3,(H,22,25). The largest absolute Gasteiger partial charge is 0.340 e. The fraction of sp³-hybridized carbons (Fsp3) is 0.400. The lowest BCUT2D eigenvalue weighted by Crippen LogP contribution is -2.41. The Morgan fingerprint density at radius 1 is 1.30 bits per heavy atom. The van der Waals surface area contributed by atoms with Crippen LogP contribution in [0.1, 0.15) is 41.3 Å². The molecule has 1 saturated heterocycles. The molecule has 2 aliphatic rings. The third-order valence-corrected chi connectivity index (χ3v) is 5.36. The Bertz CT molecular complexity index is 983. The third-order valence-electron chi connectivity index (χ3n) is 5.36. The molecular weight excluding hydrogens is 344 g/mol. The van der Waals surface area contributed by atoms with Crippen LogP contribution in [0.5, 0.6) is 0 Å². The first kappa shape index (κ1) is 17.3. The zero-order chi connectivity index (χ0) is 19.1. The van der Waals surface area contributed by atoms with E-state index in [1.165, 1.54) is 4.90 Å². The highest BCUT2D eigenvalue weighted by atomic mass is 16.2. The highest BCUT2D eigenvalue weighted by Crippen LogP contribution is 2.32. The highest BCUT2D eigenvalue weighted by molar-refractivity contribution is 6.02. The number of nitrogens with one attached hydrogen (secondary N) is 1. The van der Waals surface area contributed by atoms with Gasteiger partial charge in [-0.25, -0.2) is 0 Å². The number of carbonyl (C=O) groups is 3. The molecular formula is C20H20N4O3. The first-order valence-corrected chi connectivity index (χ1v) is 9.13. The summed E-state index contributed by atoms with van der Waals surface area (Å²) in [6, 6.07) is 8.33. The second-order valence-corrected chi connectivity index (χ2v) is 7.31. The van der Waals surface area contributed by atoms with Crippen LogP contribution in [0.3, 0.4) is 0 Å². The number of hydrogen-bond donors (Lipinski definition) is 1. The normalized spacial score (nSPS) is 22.1. The van der Waals surface area contributed by atoms with Gasteiger partial charge in [-0.2, -0.15) is 5.26 Å². The summed E-state index contributed by atoms with van der Waals surface area (Å²) in [5.41, 5.74) is 1.11. The Labute approximate surface area is 156 Å². The molecule has 2 amide bonds. The molecule has 1 aromatic heterocycles. The number of nitrogens with zero attached hydrogens (tertiary/aromatic N) is 3. The predicted octanol–water partition coefficient (Wildman–Crippen LogP) is 1.93. The summed E-state index contributed by atoms with van der Waals surface area (Å²) in [5, 5.41) is 12.5. The van der Waals surface area contributed by atoms with Crippen LogP contribution in [0.15, 0.2) is 30.5 Å². The second-order valence-electron chi connectivity index (χ2n) is 7.31. The molecule has 2 unspecified atom stereocenters. The van der Waals surface area contributed by atoms with Gasteiger partial charge in [0, 0.05) is 29.1 Å². The molecule has 2 atom stereocenters. The van der Waals surface area contributed by atoms with Gasteiger partial charge in [0.2, 0.25) is 11.8 Å². The van der Waals surface area contributed by atoms with Crippen LogP contribution in [0.25, 0.3) is 10.9 Å². The first-order chi connectivity index (χ1) is 13.0. The predicted molar refractivity (Wildman–Crippen MR) is 97.9 cm³/mol. The lowest BCUT2D eigenvalue weighted by molar-refractivity contribution is -0.129. The van der Waals surface area contributed by atoms with Gasteiger partial charge in [-0.05, 0) is 44.4 Å². The van der Waals surface area contributed by atoms with Crippen molar-refractivity contribution >= 4 is 28.6 Å². The van der Waals surface area contributed by atoms with Crippen LogP contribution in [0.4, 0.5) is 0 Å². The molecule has 0 bridgehead atoms. The fourth-order valence-electron chi connectivity index (χ4n) is 3.65. The number of fused-ring (bicyclic) bond motifs is 1. The van der Waals surface area contributed by atoms with E-state index >= 15 is 0 Å². The van der Waals surface area contributed by atoms with Crippen molar-refractivity contribution in [1.29, 1.82) is 5.26 Å². The van der Waals surface area contributed by atoms with Gasteiger partial charge in [0.05, 0.1) is 11.6 Å². The van der Waals surface area contributed by atoms with Gasteiger partial charge in [0.25, 0.3) is 5.91 Å². The average Bonchev–Trinajstić information content (AvgIpc) is 3.37. The minimum atomic E-state index is -0.628. The van der Waals surface area contributed by atoms with E-state index in [1.807, 2.05) is 25.1 Å². The Kier molecular flexibility index (Phi) is 4.19. The molecule has 7 nitrogen and oxygen atoms in total. The monoisotopic (exact) mass is 364 g/mol. The van der Waals surface area contributed by atoms with Crippen molar-refractivity contribution in [2.45, 2.75) is 38.3 Å². The maximum absolute atomic E-state index is 12.7. The van der Waals surface area contributed by atoms with Crippen LogP contribution in [0.2, 0.25) is 0 Å². The minimum absolute atomic E-state index is 0.0229. The van der Waals surface area contributed by atoms with Crippen LogP contribution >= 0.6 is 0 Å². The molecule has 1 aliphatic carbocycles. The van der Waals surface area contributed by atoms with Gasteiger partial charge in [0.1, 0.15) is 12.6 Å². The third kappa shape index (κ3) is 3.08. The van der Waals surface area contributed by atoms with Gasteiger partial charge >= 0.3 is 0 Å². The highest BCUT2D eigenvalue weighted by Gasteiger charge is 2.38. The van der Waals surface area contributed by atoms with Crippen LogP contribution in [0, 0.1) is 17.2 Å². The maximum Gasteiger partial charge on any atom is 0.252 e. The van der Waals surface area contributed by atoms with E-state index in [0.717, 1.165) is 18.2 Å². The molecule has 2 heterocycles. The van der Waals surface area contributed by atoms with Crippen LogP contribution in [-0.4, -0.2) is 45.8 Å². The number of likely N-dealkylation sites (tertiary alicyclic amines) is 1. The molecule has 2 aromatic rings. The summed E-state index contributed by atoms with van der Waals surface area (Å²) < 4.78 is 1.61. The SMILES string of the molecule is CC1CC(NC(=O)c2ccc3ccn(C(=O)C4CC4)c3c2)C(=O)N1CC#N. The van der Waals surface area contributed by atoms with Crippen molar-refractivity contribution < 1.29 is 14.4 Å². The summed E-state index contributed by atoms with van der Waals surface area (Å²) in [6.07, 6.45) is 4.06. The number of aromatic nitrogens is 1. The summed E-state index contributed by atoms with van der Waals surface area (Å²) >= 11 is 0. The van der Waals surface area contributed by atoms with Crippen molar-refractivity contribution in [2.24, 2.45) is 5.92 Å². The summed E-state index contributed by atoms with van der Waals surface area (Å²) in [7, 11) is 0. The number of amides is 2. The molecule has 1 aliphatic heterocycles. The minimum Gasteiger partial charge on any atom is -0.340 e. The number of hydrogen-bond acceptors (Lipinski definition) is 4. The Hall–Kier alpha value is -3.14. The van der Waals surface area contributed by atoms with Gasteiger partial charge in [0.15, 0.2) is 0 Å². The van der Waals surface area contributed by atoms with E-state index in [0.29, 0.717) is 17.5 Å². The van der Waals surface area contributed by atoms with Crippen LogP contribution < -0.4 is 5.32 Å². The summed E-state index contributed by atoms with van der Waals surface area (Å²) in [4.78, 5) is 38.9. The quantitative estimate of drug-likeness (QED) is 0.839. The second kappa shape index (κ2) is 6.54. The fourth-order valence-corrected chi connectivity index (χ4v) is 3.65. The van der Waals surface area contributed by atoms with Crippen molar-refractivity contribution in [3.8, 4) is 6.07 Å². The van der Waals surface area contributed by atoms with E-state index in [9.17, 15) is 14.4 Å². The Morgan fingerprint density at radius 2 is 2.07 bits per heavy atom. The smallest absolute Gasteiger partial charge is 0.252 e. The average molecular weight is 364 g/mol. The van der Waals surface area contributed by atoms with Crippen LogP contribution in [-0.2, 0) is 4.79 Å². The van der Waals surface area contributed by atoms with E-state index in [2.05, 4.69) is 5.32 Å². The first-order valence-electron chi connectivity index (χ1n) is 9.13. The Balaban J connectivity index is 1.55. The van der Waals surface area contributed by atoms with Crippen molar-refractivity contribution in [1.82, 2.24) is 14.8 Å². The molecule has 27 heavy (non-hydrogen) atoms. The van der Waals surface area contributed by atoms with Gasteiger partial charge in [-0.3, -0.25) is 19.0 Å². The Morgan fingerprint density at radius 3 is 2.78 bits per heavy atom. The summed E-state index contributed by atoms with van der Waals surface area (Å²) in [6.45, 7) is 1.89. The lowest BCUT2D eigenvalue weighted by Gasteiger charge is -2.17. The van der Waals surface area contributed by atoms with E-state index in [4.69, 9.17) is 5.26 Å². The van der Waals surface area contributed by atoms with Gasteiger partial charge in [-0.15, -0.1) is 0 Å². The molecule has 2 fully saturated rings. The molecule has 1 aromatic carbocycles. The number of nitriles is 1. The number of rotatable bonds is 4. The lowest BCUT2D eigenvalue weighted by atomic mass is 10.1. The maximum atomic E-state index is 12.7. The zero-order valence-corrected chi connectivity index (χ0v) is 15.0. The van der Waals surface area contributed by atoms with Gasteiger partial charge in [-0.1, -0.05) is 6.07 Å². The van der Waals surface area contributed by atoms with E-state index in [1.54, 1.807) is 22.9 Å². The molecule has 4 rings (SSSR count). The zero-order valence-electron chi connectivity index (χ0n) is 15.0. The van der Waals surface area contributed by atoms with E-state index in [-0.39, 0.29) is 36.2 Å². The topological polar surface area (TPSA) is 95.2 Å². The van der Waals surface area contributed by atoms with Gasteiger partial charge < -0.3 is 10.2 Å². The van der Waals surface area contributed by atoms with Crippen molar-refractivity contribution in [2.75, 3.05) is 6.54 Å². The van der Waals surface area contributed by atoms with E-state index < -0.39 is 6.04 Å². The molecule has 1 N–H and O–H groups in total. The summed E-state index contributed by atoms with van der Waals surface area (Å²) in [5.74, 6) is -0.435. The van der Waals surface area contributed by atoms with Crippen molar-refractivity contribution in [3.05, 3.63) is 36.0 Å². The molecule has 138 valence electrons. The molecule has 0 spiro atoms. The number of benzene rings is 1. The number of carbonyl (C=O) groups excluding carboxylic acids is 3. The molecule has 0 radical (unpaired) electrons.